The largest absolute Gasteiger partial charge is 0.507 e. The maximum atomic E-state index is 13.0. The van der Waals surface area contributed by atoms with Crippen LogP contribution >= 0.6 is 0 Å². The Bertz CT molecular complexity index is 1070. The second-order valence-corrected chi connectivity index (χ2v) is 8.42. The molecule has 1 fully saturated rings. The van der Waals surface area contributed by atoms with Crippen LogP contribution in [-0.4, -0.2) is 58.7 Å². The van der Waals surface area contributed by atoms with Crippen LogP contribution in [0.5, 0.6) is 0 Å². The van der Waals surface area contributed by atoms with Crippen molar-refractivity contribution in [1.82, 2.24) is 9.80 Å². The van der Waals surface area contributed by atoms with Crippen molar-refractivity contribution >= 4 is 23.1 Å². The number of non-ortho nitro benzene ring substituents is 1. The first-order valence-electron chi connectivity index (χ1n) is 10.4. The average molecular weight is 437 g/mol. The first kappa shape index (κ1) is 23.1. The van der Waals surface area contributed by atoms with Gasteiger partial charge in [-0.1, -0.05) is 50.2 Å². The highest BCUT2D eigenvalue weighted by molar-refractivity contribution is 6.46. The topological polar surface area (TPSA) is 104 Å². The molecule has 0 bridgehead atoms. The molecule has 8 nitrogen and oxygen atoms in total. The van der Waals surface area contributed by atoms with E-state index in [1.54, 1.807) is 0 Å². The molecule has 1 unspecified atom stereocenters. The van der Waals surface area contributed by atoms with Crippen LogP contribution in [0.15, 0.2) is 54.1 Å². The second-order valence-electron chi connectivity index (χ2n) is 8.42. The Morgan fingerprint density at radius 1 is 1.16 bits per heavy atom. The molecule has 3 rings (SSSR count). The van der Waals surface area contributed by atoms with Gasteiger partial charge in [0.15, 0.2) is 0 Å². The molecule has 0 aromatic heterocycles. The van der Waals surface area contributed by atoms with Crippen LogP contribution in [0, 0.1) is 10.1 Å². The van der Waals surface area contributed by atoms with Gasteiger partial charge in [0.1, 0.15) is 5.76 Å². The summed E-state index contributed by atoms with van der Waals surface area (Å²) in [6.07, 6.45) is 0. The molecule has 168 valence electrons. The summed E-state index contributed by atoms with van der Waals surface area (Å²) in [4.78, 5) is 39.8. The summed E-state index contributed by atoms with van der Waals surface area (Å²) in [5.41, 5.74) is 1.64. The lowest BCUT2D eigenvalue weighted by molar-refractivity contribution is -0.384. The number of likely N-dealkylation sites (tertiary alicyclic amines) is 1. The van der Waals surface area contributed by atoms with Crippen molar-refractivity contribution in [3.05, 3.63) is 80.9 Å². The zero-order chi connectivity index (χ0) is 23.6. The third-order valence-electron chi connectivity index (χ3n) is 5.58. The lowest BCUT2D eigenvalue weighted by atomic mass is 9.93. The van der Waals surface area contributed by atoms with Crippen molar-refractivity contribution in [2.75, 3.05) is 27.2 Å². The summed E-state index contributed by atoms with van der Waals surface area (Å²) in [6, 6.07) is 12.2. The van der Waals surface area contributed by atoms with E-state index in [2.05, 4.69) is 13.8 Å². The standard InChI is InChI=1S/C24H27N3O5/c1-15(2)16-8-10-17(11-9-16)21-20(23(29)24(30)26(21)13-12-25(3)4)22(28)18-6-5-7-19(14-18)27(31)32/h5-11,14-15,21,28H,12-13H2,1-4H3/b22-20-. The number of hydrogen-bond donors (Lipinski definition) is 1. The van der Waals surface area contributed by atoms with Crippen LogP contribution in [0.3, 0.4) is 0 Å². The zero-order valence-electron chi connectivity index (χ0n) is 18.6. The fourth-order valence-corrected chi connectivity index (χ4v) is 3.75. The van der Waals surface area contributed by atoms with Crippen molar-refractivity contribution < 1.29 is 19.6 Å². The molecule has 1 heterocycles. The molecule has 1 N–H and O–H groups in total. The van der Waals surface area contributed by atoms with Gasteiger partial charge in [-0.15, -0.1) is 0 Å². The maximum absolute atomic E-state index is 13.0. The SMILES string of the molecule is CC(C)c1ccc(C2/C(=C(/O)c3cccc([N+](=O)[O-])c3)C(=O)C(=O)N2CCN(C)C)cc1. The highest BCUT2D eigenvalue weighted by atomic mass is 16.6. The number of nitro benzene ring substituents is 1. The molecule has 0 saturated carbocycles. The minimum Gasteiger partial charge on any atom is -0.507 e. The van der Waals surface area contributed by atoms with Crippen molar-refractivity contribution in [1.29, 1.82) is 0 Å². The lowest BCUT2D eigenvalue weighted by Gasteiger charge is -2.27. The zero-order valence-corrected chi connectivity index (χ0v) is 18.6. The molecule has 2 aromatic carbocycles. The van der Waals surface area contributed by atoms with E-state index in [1.165, 1.54) is 29.2 Å². The Hall–Kier alpha value is -3.52. The smallest absolute Gasteiger partial charge is 0.295 e. The maximum Gasteiger partial charge on any atom is 0.295 e. The van der Waals surface area contributed by atoms with Gasteiger partial charge >= 0.3 is 0 Å². The molecular weight excluding hydrogens is 410 g/mol. The number of amides is 1. The molecule has 0 aliphatic carbocycles. The molecule has 0 radical (unpaired) electrons. The first-order valence-corrected chi connectivity index (χ1v) is 10.4. The number of carbonyl (C=O) groups excluding carboxylic acids is 2. The third kappa shape index (κ3) is 4.55. The molecule has 32 heavy (non-hydrogen) atoms. The van der Waals surface area contributed by atoms with E-state index in [0.29, 0.717) is 24.6 Å². The van der Waals surface area contributed by atoms with E-state index in [4.69, 9.17) is 0 Å². The number of nitro groups is 1. The number of benzene rings is 2. The fraction of sp³-hybridized carbons (Fsp3) is 0.333. The molecule has 1 amide bonds. The number of hydrogen-bond acceptors (Lipinski definition) is 6. The van der Waals surface area contributed by atoms with Crippen LogP contribution in [0.1, 0.15) is 42.5 Å². The van der Waals surface area contributed by atoms with Gasteiger partial charge in [-0.3, -0.25) is 19.7 Å². The summed E-state index contributed by atoms with van der Waals surface area (Å²) >= 11 is 0. The fourth-order valence-electron chi connectivity index (χ4n) is 3.75. The van der Waals surface area contributed by atoms with Gasteiger partial charge < -0.3 is 14.9 Å². The molecule has 1 aliphatic heterocycles. The van der Waals surface area contributed by atoms with Gasteiger partial charge in [0.2, 0.25) is 0 Å². The minimum absolute atomic E-state index is 0.0634. The summed E-state index contributed by atoms with van der Waals surface area (Å²) < 4.78 is 0. The van der Waals surface area contributed by atoms with Gasteiger partial charge in [-0.05, 0) is 31.1 Å². The Kier molecular flexibility index (Phi) is 6.74. The van der Waals surface area contributed by atoms with Crippen molar-refractivity contribution in [3.8, 4) is 0 Å². The number of aliphatic hydroxyl groups excluding tert-OH is 1. The van der Waals surface area contributed by atoms with Crippen molar-refractivity contribution in [2.45, 2.75) is 25.8 Å². The van der Waals surface area contributed by atoms with Gasteiger partial charge in [0.05, 0.1) is 16.5 Å². The lowest BCUT2D eigenvalue weighted by Crippen LogP contribution is -2.35. The number of rotatable bonds is 7. The van der Waals surface area contributed by atoms with E-state index in [0.717, 1.165) is 5.56 Å². The van der Waals surface area contributed by atoms with Crippen LogP contribution in [0.25, 0.3) is 5.76 Å². The van der Waals surface area contributed by atoms with Gasteiger partial charge in [0.25, 0.3) is 17.4 Å². The molecule has 1 atom stereocenters. The monoisotopic (exact) mass is 437 g/mol. The average Bonchev–Trinajstić information content (AvgIpc) is 3.02. The molecule has 1 aliphatic rings. The van der Waals surface area contributed by atoms with E-state index in [1.807, 2.05) is 43.3 Å². The Morgan fingerprint density at radius 2 is 1.81 bits per heavy atom. The highest BCUT2D eigenvalue weighted by Crippen LogP contribution is 2.39. The quantitative estimate of drug-likeness (QED) is 0.233. The summed E-state index contributed by atoms with van der Waals surface area (Å²) in [7, 11) is 3.73. The normalized spacial score (nSPS) is 18.1. The number of ketones is 1. The number of nitrogens with zero attached hydrogens (tertiary/aromatic N) is 3. The molecule has 1 saturated heterocycles. The van der Waals surface area contributed by atoms with Crippen LogP contribution in [0.4, 0.5) is 5.69 Å². The number of aliphatic hydroxyl groups is 1. The summed E-state index contributed by atoms with van der Waals surface area (Å²) in [5.74, 6) is -1.60. The molecule has 8 heteroatoms. The van der Waals surface area contributed by atoms with Gasteiger partial charge in [0, 0.05) is 30.8 Å². The molecular formula is C24H27N3O5. The number of carbonyl (C=O) groups is 2. The predicted octanol–water partition coefficient (Wildman–Crippen LogP) is 3.70. The summed E-state index contributed by atoms with van der Waals surface area (Å²) in [5, 5.41) is 22.2. The van der Waals surface area contributed by atoms with Crippen LogP contribution < -0.4 is 0 Å². The van der Waals surface area contributed by atoms with E-state index in [9.17, 15) is 24.8 Å². The van der Waals surface area contributed by atoms with Crippen molar-refractivity contribution in [2.24, 2.45) is 0 Å². The predicted molar refractivity (Wildman–Crippen MR) is 121 cm³/mol. The number of likely N-dealkylation sites (N-methyl/N-ethyl adjacent to an activating group) is 1. The Morgan fingerprint density at radius 3 is 2.38 bits per heavy atom. The van der Waals surface area contributed by atoms with E-state index in [-0.39, 0.29) is 16.8 Å². The van der Waals surface area contributed by atoms with Crippen molar-refractivity contribution in [3.63, 3.8) is 0 Å². The Labute approximate surface area is 186 Å². The second kappa shape index (κ2) is 9.32. The Balaban J connectivity index is 2.15. The van der Waals surface area contributed by atoms with Gasteiger partial charge in [-0.2, -0.15) is 0 Å². The van der Waals surface area contributed by atoms with Crippen LogP contribution in [0.2, 0.25) is 0 Å². The third-order valence-corrected chi connectivity index (χ3v) is 5.58. The number of Topliss-reactive ketones (excluding diaryl/α,β-unsaturated/α-hetero) is 1. The molecule has 2 aromatic rings. The highest BCUT2D eigenvalue weighted by Gasteiger charge is 2.46. The molecule has 0 spiro atoms. The first-order chi connectivity index (χ1) is 15.1. The minimum atomic E-state index is -0.800. The van der Waals surface area contributed by atoms with E-state index >= 15 is 0 Å². The van der Waals surface area contributed by atoms with Crippen LogP contribution in [-0.2, 0) is 9.59 Å². The van der Waals surface area contributed by atoms with Gasteiger partial charge in [-0.25, -0.2) is 0 Å². The summed E-state index contributed by atoms with van der Waals surface area (Å²) in [6.45, 7) is 4.96. The van der Waals surface area contributed by atoms with E-state index < -0.39 is 28.4 Å².